The molecule has 2 atom stereocenters. The third-order valence-corrected chi connectivity index (χ3v) is 5.63. The fraction of sp³-hybridized carbons (Fsp3) is 0.500. The lowest BCUT2D eigenvalue weighted by Gasteiger charge is -2.37. The van der Waals surface area contributed by atoms with E-state index in [0.29, 0.717) is 17.7 Å². The lowest BCUT2D eigenvalue weighted by Crippen LogP contribution is -2.49. The van der Waals surface area contributed by atoms with Crippen molar-refractivity contribution in [1.29, 1.82) is 0 Å². The van der Waals surface area contributed by atoms with Crippen molar-refractivity contribution >= 4 is 23.3 Å². The zero-order valence-corrected chi connectivity index (χ0v) is 17.6. The lowest BCUT2D eigenvalue weighted by molar-refractivity contribution is -0.148. The molecule has 3 rings (SSSR count). The van der Waals surface area contributed by atoms with Crippen LogP contribution in [0.5, 0.6) is 0 Å². The standard InChI is InChI=1S/C20H24F4N4O5/c1-11-8-12-15(28(11)25-9-13(18(30)31)17(29)19(32)33)3-2-14(21)16(12)27-6-4-26(5-7-27)10-20(22,23)24/h2-3,9,11,17,25,29H,4-8,10H2,1H3,(H,30,31)(H,32,33). The van der Waals surface area contributed by atoms with Gasteiger partial charge in [-0.25, -0.2) is 14.0 Å². The average Bonchev–Trinajstić information content (AvgIpc) is 3.02. The Morgan fingerprint density at radius 3 is 2.39 bits per heavy atom. The highest BCUT2D eigenvalue weighted by atomic mass is 19.4. The molecular weight excluding hydrogens is 452 g/mol. The van der Waals surface area contributed by atoms with Gasteiger partial charge in [0.2, 0.25) is 0 Å². The van der Waals surface area contributed by atoms with Crippen molar-refractivity contribution in [2.24, 2.45) is 0 Å². The number of carbonyl (C=O) groups is 2. The van der Waals surface area contributed by atoms with Crippen molar-refractivity contribution in [2.45, 2.75) is 31.7 Å². The number of hydrazine groups is 1. The van der Waals surface area contributed by atoms with Crippen molar-refractivity contribution in [3.05, 3.63) is 35.3 Å². The number of carboxylic acids is 2. The number of fused-ring (bicyclic) bond motifs is 1. The van der Waals surface area contributed by atoms with Gasteiger partial charge in [-0.2, -0.15) is 13.2 Å². The number of halogens is 4. The van der Waals surface area contributed by atoms with Gasteiger partial charge in [-0.3, -0.25) is 9.91 Å². The van der Waals surface area contributed by atoms with E-state index in [1.165, 1.54) is 22.0 Å². The van der Waals surface area contributed by atoms with E-state index in [9.17, 15) is 37.4 Å². The zero-order valence-electron chi connectivity index (χ0n) is 17.6. The Kier molecular flexibility index (Phi) is 7.03. The molecule has 9 nitrogen and oxygen atoms in total. The van der Waals surface area contributed by atoms with E-state index in [-0.39, 0.29) is 37.9 Å². The molecule has 0 aliphatic carbocycles. The van der Waals surface area contributed by atoms with Gasteiger partial charge in [0.25, 0.3) is 0 Å². The van der Waals surface area contributed by atoms with Gasteiger partial charge in [0.05, 0.1) is 29.5 Å². The lowest BCUT2D eigenvalue weighted by atomic mass is 10.1. The number of alkyl halides is 3. The molecule has 4 N–H and O–H groups in total. The van der Waals surface area contributed by atoms with Gasteiger partial charge in [-0.05, 0) is 25.5 Å². The summed E-state index contributed by atoms with van der Waals surface area (Å²) in [5.41, 5.74) is 3.29. The number of aliphatic hydroxyl groups excluding tert-OH is 1. The van der Waals surface area contributed by atoms with Gasteiger partial charge >= 0.3 is 18.1 Å². The second kappa shape index (κ2) is 9.43. The Morgan fingerprint density at radius 2 is 1.85 bits per heavy atom. The maximum atomic E-state index is 14.8. The molecule has 33 heavy (non-hydrogen) atoms. The number of aliphatic hydroxyl groups is 1. The van der Waals surface area contributed by atoms with Crippen LogP contribution in [0.1, 0.15) is 12.5 Å². The highest BCUT2D eigenvalue weighted by molar-refractivity contribution is 5.95. The van der Waals surface area contributed by atoms with Crippen LogP contribution < -0.4 is 15.3 Å². The van der Waals surface area contributed by atoms with E-state index in [1.807, 2.05) is 0 Å². The molecule has 2 unspecified atom stereocenters. The van der Waals surface area contributed by atoms with Gasteiger partial charge in [-0.15, -0.1) is 0 Å². The van der Waals surface area contributed by atoms with Crippen molar-refractivity contribution in [2.75, 3.05) is 42.6 Å². The van der Waals surface area contributed by atoms with Gasteiger partial charge in [0.15, 0.2) is 6.10 Å². The number of piperazine rings is 1. The van der Waals surface area contributed by atoms with Crippen LogP contribution in [-0.2, 0) is 16.0 Å². The Hall–Kier alpha value is -3.06. The molecule has 0 aromatic heterocycles. The van der Waals surface area contributed by atoms with Gasteiger partial charge < -0.3 is 25.6 Å². The minimum absolute atomic E-state index is 0.123. The van der Waals surface area contributed by atoms with Crippen LogP contribution in [0.25, 0.3) is 0 Å². The fourth-order valence-corrected chi connectivity index (χ4v) is 4.10. The first-order valence-corrected chi connectivity index (χ1v) is 10.1. The highest BCUT2D eigenvalue weighted by Crippen LogP contribution is 2.39. The van der Waals surface area contributed by atoms with E-state index in [2.05, 4.69) is 5.43 Å². The smallest absolute Gasteiger partial charge is 0.401 e. The van der Waals surface area contributed by atoms with Crippen molar-refractivity contribution in [1.82, 2.24) is 10.3 Å². The Bertz CT molecular complexity index is 947. The summed E-state index contributed by atoms with van der Waals surface area (Å²) < 4.78 is 52.7. The predicted molar refractivity (Wildman–Crippen MR) is 109 cm³/mol. The minimum atomic E-state index is -4.31. The van der Waals surface area contributed by atoms with Crippen LogP contribution in [0.2, 0.25) is 0 Å². The Morgan fingerprint density at radius 1 is 1.21 bits per heavy atom. The van der Waals surface area contributed by atoms with Crippen LogP contribution in [0.4, 0.5) is 28.9 Å². The summed E-state index contributed by atoms with van der Waals surface area (Å²) in [6.07, 6.45) is -5.33. The van der Waals surface area contributed by atoms with Gasteiger partial charge in [0.1, 0.15) is 5.82 Å². The van der Waals surface area contributed by atoms with Crippen molar-refractivity contribution < 1.29 is 42.5 Å². The van der Waals surface area contributed by atoms with Gasteiger partial charge in [0, 0.05) is 37.9 Å². The van der Waals surface area contributed by atoms with Crippen LogP contribution in [-0.4, -0.2) is 83.2 Å². The average molecular weight is 476 g/mol. The fourth-order valence-electron chi connectivity index (χ4n) is 4.10. The number of benzene rings is 1. The maximum absolute atomic E-state index is 14.8. The second-order valence-electron chi connectivity index (χ2n) is 7.97. The third kappa shape index (κ3) is 5.47. The SMILES string of the molecule is CC1Cc2c(ccc(F)c2N2CCN(CC(F)(F)F)CC2)N1NC=C(C(=O)O)C(O)C(=O)O. The summed E-state index contributed by atoms with van der Waals surface area (Å²) in [5.74, 6) is -3.87. The first-order valence-electron chi connectivity index (χ1n) is 10.1. The quantitative estimate of drug-likeness (QED) is 0.340. The molecule has 1 fully saturated rings. The highest BCUT2D eigenvalue weighted by Gasteiger charge is 2.35. The summed E-state index contributed by atoms with van der Waals surface area (Å²) in [7, 11) is 0. The molecular formula is C20H24F4N4O5. The summed E-state index contributed by atoms with van der Waals surface area (Å²) >= 11 is 0. The summed E-state index contributed by atoms with van der Waals surface area (Å²) in [4.78, 5) is 25.2. The van der Waals surface area contributed by atoms with Crippen molar-refractivity contribution in [3.63, 3.8) is 0 Å². The molecule has 1 aromatic rings. The van der Waals surface area contributed by atoms with Crippen molar-refractivity contribution in [3.8, 4) is 0 Å². The topological polar surface area (TPSA) is 117 Å². The summed E-state index contributed by atoms with van der Waals surface area (Å²) in [6, 6.07) is 2.41. The number of hydrogen-bond donors (Lipinski definition) is 4. The second-order valence-corrected chi connectivity index (χ2v) is 7.97. The predicted octanol–water partition coefficient (Wildman–Crippen LogP) is 1.18. The molecule has 2 aliphatic rings. The molecule has 0 radical (unpaired) electrons. The number of aliphatic carboxylic acids is 2. The molecule has 0 amide bonds. The van der Waals surface area contributed by atoms with E-state index in [1.54, 1.807) is 11.8 Å². The Balaban J connectivity index is 1.82. The molecule has 2 heterocycles. The van der Waals surface area contributed by atoms with E-state index >= 15 is 0 Å². The Labute approximate surface area is 186 Å². The van der Waals surface area contributed by atoms with Crippen LogP contribution in [0.15, 0.2) is 23.9 Å². The number of nitrogens with one attached hydrogen (secondary N) is 1. The van der Waals surface area contributed by atoms with E-state index < -0.39 is 42.2 Å². The number of anilines is 2. The molecule has 0 bridgehead atoms. The van der Waals surface area contributed by atoms with E-state index in [0.717, 1.165) is 6.20 Å². The van der Waals surface area contributed by atoms with Crippen LogP contribution >= 0.6 is 0 Å². The summed E-state index contributed by atoms with van der Waals surface area (Å²) in [6.45, 7) is 1.41. The largest absolute Gasteiger partial charge is 0.479 e. The monoisotopic (exact) mass is 476 g/mol. The number of hydrogen-bond acceptors (Lipinski definition) is 7. The number of rotatable bonds is 7. The molecule has 13 heteroatoms. The van der Waals surface area contributed by atoms with Crippen LogP contribution in [0.3, 0.4) is 0 Å². The summed E-state index contributed by atoms with van der Waals surface area (Å²) in [5, 5.41) is 29.2. The first-order chi connectivity index (χ1) is 15.4. The molecule has 1 saturated heterocycles. The third-order valence-electron chi connectivity index (χ3n) is 5.63. The normalized spacial score (nSPS) is 20.5. The molecule has 0 saturated carbocycles. The first kappa shape index (κ1) is 24.6. The maximum Gasteiger partial charge on any atom is 0.401 e. The molecule has 2 aliphatic heterocycles. The molecule has 0 spiro atoms. The minimum Gasteiger partial charge on any atom is -0.479 e. The molecule has 1 aromatic carbocycles. The number of nitrogens with zero attached hydrogens (tertiary/aromatic N) is 3. The molecule has 182 valence electrons. The van der Waals surface area contributed by atoms with Gasteiger partial charge in [-0.1, -0.05) is 0 Å². The van der Waals surface area contributed by atoms with Crippen LogP contribution in [0, 0.1) is 5.82 Å². The van der Waals surface area contributed by atoms with E-state index in [4.69, 9.17) is 5.11 Å². The number of carboxylic acid groups (broad SMARTS) is 2. The zero-order chi connectivity index (χ0) is 24.5.